The largest absolute Gasteiger partial charge is 0.340 e. The number of carbonyl (C=O) groups excluding carboxylic acids is 1. The van der Waals surface area contributed by atoms with Crippen molar-refractivity contribution in [3.05, 3.63) is 47.4 Å². The topological polar surface area (TPSA) is 58.1 Å². The Morgan fingerprint density at radius 3 is 2.65 bits per heavy atom. The third-order valence-corrected chi connectivity index (χ3v) is 5.05. The van der Waals surface area contributed by atoms with Gasteiger partial charge < -0.3 is 10.2 Å². The molecule has 26 heavy (non-hydrogen) atoms. The van der Waals surface area contributed by atoms with E-state index in [1.807, 2.05) is 24.0 Å². The van der Waals surface area contributed by atoms with E-state index in [0.29, 0.717) is 23.4 Å². The molecule has 138 valence electrons. The number of aryl methyl sites for hydroxylation is 2. The highest BCUT2D eigenvalue weighted by Crippen LogP contribution is 2.23. The van der Waals surface area contributed by atoms with Crippen molar-refractivity contribution in [3.63, 3.8) is 0 Å². The Morgan fingerprint density at radius 2 is 1.96 bits per heavy atom. The number of hydrogen-bond acceptors (Lipinski definition) is 4. The average molecular weight is 352 g/mol. The van der Waals surface area contributed by atoms with E-state index < -0.39 is 0 Å². The van der Waals surface area contributed by atoms with Crippen LogP contribution in [0.2, 0.25) is 0 Å². The molecule has 0 spiro atoms. The fourth-order valence-electron chi connectivity index (χ4n) is 3.55. The summed E-state index contributed by atoms with van der Waals surface area (Å²) in [5.74, 6) is 1.29. The summed E-state index contributed by atoms with van der Waals surface area (Å²) in [5.41, 5.74) is 2.73. The summed E-state index contributed by atoms with van der Waals surface area (Å²) in [6.45, 7) is 6.93. The Hall–Kier alpha value is -2.43. The molecular formula is C21H28N4O. The number of likely N-dealkylation sites (tertiary alicyclic amines) is 1. The van der Waals surface area contributed by atoms with Crippen molar-refractivity contribution < 1.29 is 4.79 Å². The first kappa shape index (κ1) is 18.4. The van der Waals surface area contributed by atoms with Crippen LogP contribution in [0.3, 0.4) is 0 Å². The van der Waals surface area contributed by atoms with E-state index in [4.69, 9.17) is 0 Å². The van der Waals surface area contributed by atoms with Gasteiger partial charge in [0.05, 0.1) is 0 Å². The van der Waals surface area contributed by atoms with Crippen LogP contribution in [0.5, 0.6) is 0 Å². The molecule has 3 rings (SSSR count). The molecule has 1 amide bonds. The Morgan fingerprint density at radius 1 is 1.19 bits per heavy atom. The number of benzene rings is 1. The molecule has 1 aliphatic rings. The minimum Gasteiger partial charge on any atom is -0.340 e. The van der Waals surface area contributed by atoms with E-state index in [9.17, 15) is 4.79 Å². The molecule has 0 radical (unpaired) electrons. The van der Waals surface area contributed by atoms with Crippen molar-refractivity contribution in [2.24, 2.45) is 0 Å². The SMILES string of the molecule is CCc1ccc(Nc2cc(C(=O)N3CCCCC3CC)nc(C)n2)cc1. The molecule has 5 nitrogen and oxygen atoms in total. The number of carbonyl (C=O) groups is 1. The van der Waals surface area contributed by atoms with Crippen LogP contribution < -0.4 is 5.32 Å². The van der Waals surface area contributed by atoms with Crippen LogP contribution >= 0.6 is 0 Å². The van der Waals surface area contributed by atoms with Crippen molar-refractivity contribution in [2.45, 2.75) is 58.9 Å². The van der Waals surface area contributed by atoms with Gasteiger partial charge >= 0.3 is 0 Å². The number of hydrogen-bond donors (Lipinski definition) is 1. The van der Waals surface area contributed by atoms with Crippen LogP contribution in [0.25, 0.3) is 0 Å². The predicted molar refractivity (Wildman–Crippen MR) is 105 cm³/mol. The molecule has 1 aromatic carbocycles. The molecular weight excluding hydrogens is 324 g/mol. The van der Waals surface area contributed by atoms with E-state index in [0.717, 1.165) is 37.9 Å². The van der Waals surface area contributed by atoms with Gasteiger partial charge in [-0.3, -0.25) is 4.79 Å². The fraction of sp³-hybridized carbons (Fsp3) is 0.476. The first-order chi connectivity index (χ1) is 12.6. The lowest BCUT2D eigenvalue weighted by atomic mass is 9.99. The van der Waals surface area contributed by atoms with Crippen LogP contribution in [-0.4, -0.2) is 33.4 Å². The lowest BCUT2D eigenvalue weighted by Gasteiger charge is -2.35. The normalized spacial score (nSPS) is 17.2. The Kier molecular flexibility index (Phi) is 5.86. The number of nitrogens with zero attached hydrogens (tertiary/aromatic N) is 3. The quantitative estimate of drug-likeness (QED) is 0.861. The van der Waals surface area contributed by atoms with Gasteiger partial charge in [0.1, 0.15) is 17.3 Å². The zero-order chi connectivity index (χ0) is 18.5. The highest BCUT2D eigenvalue weighted by Gasteiger charge is 2.27. The van der Waals surface area contributed by atoms with E-state index in [2.05, 4.69) is 41.3 Å². The predicted octanol–water partition coefficient (Wildman–Crippen LogP) is 4.50. The van der Waals surface area contributed by atoms with Gasteiger partial charge in [-0.05, 0) is 56.7 Å². The third-order valence-electron chi connectivity index (χ3n) is 5.05. The third kappa shape index (κ3) is 4.21. The van der Waals surface area contributed by atoms with Gasteiger partial charge in [0.25, 0.3) is 5.91 Å². The summed E-state index contributed by atoms with van der Waals surface area (Å²) in [6, 6.07) is 10.4. The second-order valence-electron chi connectivity index (χ2n) is 6.92. The Bertz CT molecular complexity index is 757. The number of nitrogens with one attached hydrogen (secondary N) is 1. The van der Waals surface area contributed by atoms with Crippen molar-refractivity contribution in [2.75, 3.05) is 11.9 Å². The second kappa shape index (κ2) is 8.30. The molecule has 5 heteroatoms. The molecule has 0 aliphatic carbocycles. The molecule has 1 atom stereocenters. The highest BCUT2D eigenvalue weighted by molar-refractivity contribution is 5.93. The Labute approximate surface area is 155 Å². The first-order valence-corrected chi connectivity index (χ1v) is 9.63. The summed E-state index contributed by atoms with van der Waals surface area (Å²) in [6.07, 6.45) is 5.36. The maximum Gasteiger partial charge on any atom is 0.272 e. The van der Waals surface area contributed by atoms with Crippen LogP contribution in [0, 0.1) is 6.92 Å². The molecule has 1 N–H and O–H groups in total. The lowest BCUT2D eigenvalue weighted by Crippen LogP contribution is -2.43. The van der Waals surface area contributed by atoms with Gasteiger partial charge in [-0.25, -0.2) is 9.97 Å². The van der Waals surface area contributed by atoms with Gasteiger partial charge in [-0.2, -0.15) is 0 Å². The van der Waals surface area contributed by atoms with Crippen molar-refractivity contribution in [3.8, 4) is 0 Å². The van der Waals surface area contributed by atoms with E-state index in [-0.39, 0.29) is 5.91 Å². The monoisotopic (exact) mass is 352 g/mol. The summed E-state index contributed by atoms with van der Waals surface area (Å²) >= 11 is 0. The van der Waals surface area contributed by atoms with Gasteiger partial charge in [0, 0.05) is 24.3 Å². The summed E-state index contributed by atoms with van der Waals surface area (Å²) in [4.78, 5) is 23.9. The maximum atomic E-state index is 13.0. The second-order valence-corrected chi connectivity index (χ2v) is 6.92. The zero-order valence-electron chi connectivity index (χ0n) is 16.0. The van der Waals surface area contributed by atoms with Gasteiger partial charge in [0.2, 0.25) is 0 Å². The van der Waals surface area contributed by atoms with Crippen LogP contribution in [0.4, 0.5) is 11.5 Å². The lowest BCUT2D eigenvalue weighted by molar-refractivity contribution is 0.0601. The van der Waals surface area contributed by atoms with Gasteiger partial charge in [-0.15, -0.1) is 0 Å². The maximum absolute atomic E-state index is 13.0. The first-order valence-electron chi connectivity index (χ1n) is 9.63. The van der Waals surface area contributed by atoms with Crippen molar-refractivity contribution in [1.29, 1.82) is 0 Å². The van der Waals surface area contributed by atoms with Crippen molar-refractivity contribution >= 4 is 17.4 Å². The molecule has 1 unspecified atom stereocenters. The molecule has 2 aromatic rings. The van der Waals surface area contributed by atoms with Gasteiger partial charge in [0.15, 0.2) is 0 Å². The molecule has 0 bridgehead atoms. The molecule has 0 saturated carbocycles. The van der Waals surface area contributed by atoms with E-state index in [1.54, 1.807) is 6.07 Å². The van der Waals surface area contributed by atoms with E-state index in [1.165, 1.54) is 12.0 Å². The highest BCUT2D eigenvalue weighted by atomic mass is 16.2. The fourth-order valence-corrected chi connectivity index (χ4v) is 3.55. The van der Waals surface area contributed by atoms with Gasteiger partial charge in [-0.1, -0.05) is 26.0 Å². The van der Waals surface area contributed by atoms with Crippen LogP contribution in [-0.2, 0) is 6.42 Å². The minimum absolute atomic E-state index is 0.0198. The molecule has 1 fully saturated rings. The molecule has 1 aliphatic heterocycles. The Balaban J connectivity index is 1.81. The molecule has 2 heterocycles. The molecule has 1 aromatic heterocycles. The summed E-state index contributed by atoms with van der Waals surface area (Å²) < 4.78 is 0. The minimum atomic E-state index is 0.0198. The number of aromatic nitrogens is 2. The van der Waals surface area contributed by atoms with Crippen LogP contribution in [0.15, 0.2) is 30.3 Å². The zero-order valence-corrected chi connectivity index (χ0v) is 16.0. The van der Waals surface area contributed by atoms with Crippen LogP contribution in [0.1, 0.15) is 61.4 Å². The number of anilines is 2. The number of rotatable bonds is 5. The number of piperidine rings is 1. The van der Waals surface area contributed by atoms with Crippen molar-refractivity contribution in [1.82, 2.24) is 14.9 Å². The standard InChI is InChI=1S/C21H28N4O/c1-4-16-9-11-17(12-10-16)24-20-14-19(22-15(3)23-20)21(26)25-13-7-6-8-18(25)5-2/h9-12,14,18H,4-8,13H2,1-3H3,(H,22,23,24). The number of amides is 1. The summed E-state index contributed by atoms with van der Waals surface area (Å²) in [5, 5.41) is 3.30. The molecule has 1 saturated heterocycles. The summed E-state index contributed by atoms with van der Waals surface area (Å²) in [7, 11) is 0. The van der Waals surface area contributed by atoms with E-state index >= 15 is 0 Å². The smallest absolute Gasteiger partial charge is 0.272 e. The average Bonchev–Trinajstić information content (AvgIpc) is 2.67.